The zero-order valence-electron chi connectivity index (χ0n) is 10.6. The number of pyridine rings is 1. The molecule has 0 amide bonds. The van der Waals surface area contributed by atoms with Gasteiger partial charge < -0.3 is 10.1 Å². The number of aryl methyl sites for hydroxylation is 1. The molecule has 0 bridgehead atoms. The summed E-state index contributed by atoms with van der Waals surface area (Å²) in [5, 5.41) is 4.19. The molecule has 0 saturated carbocycles. The van der Waals surface area contributed by atoms with E-state index in [1.54, 1.807) is 11.3 Å². The minimum Gasteiger partial charge on any atom is -0.387 e. The minimum absolute atomic E-state index is 0.0226. The van der Waals surface area contributed by atoms with Gasteiger partial charge in [-0.2, -0.15) is 0 Å². The lowest BCUT2D eigenvalue weighted by Gasteiger charge is -2.16. The number of aromatic nitrogens is 2. The predicted molar refractivity (Wildman–Crippen MR) is 71.7 cm³/mol. The van der Waals surface area contributed by atoms with E-state index in [2.05, 4.69) is 15.3 Å². The molecule has 17 heavy (non-hydrogen) atoms. The zero-order chi connectivity index (χ0) is 12.4. The summed E-state index contributed by atoms with van der Waals surface area (Å²) in [5.41, 5.74) is 3.05. The Morgan fingerprint density at radius 2 is 2.29 bits per heavy atom. The van der Waals surface area contributed by atoms with Crippen molar-refractivity contribution >= 4 is 27.4 Å². The van der Waals surface area contributed by atoms with Crippen LogP contribution in [0.1, 0.15) is 30.5 Å². The Kier molecular flexibility index (Phi) is 3.59. The fourth-order valence-electron chi connectivity index (χ4n) is 1.94. The fourth-order valence-corrected chi connectivity index (χ4v) is 2.72. The summed E-state index contributed by atoms with van der Waals surface area (Å²) < 4.78 is 5.68. The van der Waals surface area contributed by atoms with Crippen molar-refractivity contribution in [3.05, 3.63) is 16.8 Å². The highest BCUT2D eigenvalue weighted by molar-refractivity contribution is 7.18. The van der Waals surface area contributed by atoms with E-state index in [1.165, 1.54) is 0 Å². The Morgan fingerprint density at radius 3 is 2.94 bits per heavy atom. The SMILES string of the molecule is CCOC(C)c1c(NC)cnc2sc(C)nc12. The number of fused-ring (bicyclic) bond motifs is 1. The van der Waals surface area contributed by atoms with E-state index in [-0.39, 0.29) is 6.10 Å². The Morgan fingerprint density at radius 1 is 1.53 bits per heavy atom. The molecular formula is C12H17N3OS. The largest absolute Gasteiger partial charge is 0.387 e. The monoisotopic (exact) mass is 251 g/mol. The predicted octanol–water partition coefficient (Wildman–Crippen LogP) is 3.14. The summed E-state index contributed by atoms with van der Waals surface area (Å²) in [6.07, 6.45) is 1.87. The lowest BCUT2D eigenvalue weighted by atomic mass is 10.1. The summed E-state index contributed by atoms with van der Waals surface area (Å²) in [4.78, 5) is 9.95. The highest BCUT2D eigenvalue weighted by atomic mass is 32.1. The van der Waals surface area contributed by atoms with Crippen LogP contribution in [0.15, 0.2) is 6.20 Å². The van der Waals surface area contributed by atoms with Gasteiger partial charge in [0.2, 0.25) is 0 Å². The maximum atomic E-state index is 5.68. The molecule has 1 unspecified atom stereocenters. The van der Waals surface area contributed by atoms with Gasteiger partial charge in [0.05, 0.1) is 23.0 Å². The zero-order valence-corrected chi connectivity index (χ0v) is 11.4. The van der Waals surface area contributed by atoms with Crippen LogP contribution in [0.3, 0.4) is 0 Å². The lowest BCUT2D eigenvalue weighted by molar-refractivity contribution is 0.0777. The van der Waals surface area contributed by atoms with Gasteiger partial charge in [-0.15, -0.1) is 0 Å². The molecular weight excluding hydrogens is 234 g/mol. The van der Waals surface area contributed by atoms with E-state index >= 15 is 0 Å². The number of hydrogen-bond acceptors (Lipinski definition) is 5. The second kappa shape index (κ2) is 4.98. The molecule has 2 aromatic rings. The first-order valence-electron chi connectivity index (χ1n) is 5.72. The van der Waals surface area contributed by atoms with Gasteiger partial charge in [0.1, 0.15) is 10.3 Å². The van der Waals surface area contributed by atoms with E-state index in [9.17, 15) is 0 Å². The third-order valence-electron chi connectivity index (χ3n) is 2.66. The molecule has 5 heteroatoms. The minimum atomic E-state index is 0.0226. The maximum absolute atomic E-state index is 5.68. The van der Waals surface area contributed by atoms with Crippen LogP contribution in [0.5, 0.6) is 0 Å². The molecule has 0 aromatic carbocycles. The van der Waals surface area contributed by atoms with E-state index in [4.69, 9.17) is 4.74 Å². The van der Waals surface area contributed by atoms with Crippen molar-refractivity contribution < 1.29 is 4.74 Å². The molecule has 2 heterocycles. The van der Waals surface area contributed by atoms with Gasteiger partial charge >= 0.3 is 0 Å². The van der Waals surface area contributed by atoms with Crippen LogP contribution in [0.2, 0.25) is 0 Å². The molecule has 92 valence electrons. The lowest BCUT2D eigenvalue weighted by Crippen LogP contribution is -2.05. The number of hydrogen-bond donors (Lipinski definition) is 1. The van der Waals surface area contributed by atoms with E-state index in [0.717, 1.165) is 26.6 Å². The Hall–Kier alpha value is -1.20. The first kappa shape index (κ1) is 12.3. The second-order valence-electron chi connectivity index (χ2n) is 3.82. The van der Waals surface area contributed by atoms with Gasteiger partial charge in [-0.1, -0.05) is 11.3 Å². The van der Waals surface area contributed by atoms with Crippen molar-refractivity contribution in [3.63, 3.8) is 0 Å². The van der Waals surface area contributed by atoms with Crippen LogP contribution < -0.4 is 5.32 Å². The molecule has 0 radical (unpaired) electrons. The van der Waals surface area contributed by atoms with Crippen LogP contribution in [0.25, 0.3) is 10.3 Å². The molecule has 2 rings (SSSR count). The second-order valence-corrected chi connectivity index (χ2v) is 5.00. The maximum Gasteiger partial charge on any atom is 0.143 e. The van der Waals surface area contributed by atoms with Crippen LogP contribution in [0.4, 0.5) is 5.69 Å². The summed E-state index contributed by atoms with van der Waals surface area (Å²) >= 11 is 1.62. The van der Waals surface area contributed by atoms with Crippen LogP contribution >= 0.6 is 11.3 Å². The van der Waals surface area contributed by atoms with Crippen molar-refractivity contribution in [1.29, 1.82) is 0 Å². The Balaban J connectivity index is 2.61. The third kappa shape index (κ3) is 2.25. The van der Waals surface area contributed by atoms with Gasteiger partial charge in [-0.3, -0.25) is 0 Å². The topological polar surface area (TPSA) is 47.0 Å². The Labute approximate surface area is 105 Å². The first-order valence-corrected chi connectivity index (χ1v) is 6.54. The number of nitrogens with zero attached hydrogens (tertiary/aromatic N) is 2. The van der Waals surface area contributed by atoms with Crippen molar-refractivity contribution in [3.8, 4) is 0 Å². The van der Waals surface area contributed by atoms with Crippen LogP contribution in [0, 0.1) is 6.92 Å². The first-order chi connectivity index (χ1) is 8.17. The highest BCUT2D eigenvalue weighted by Crippen LogP contribution is 2.33. The van der Waals surface area contributed by atoms with E-state index in [0.29, 0.717) is 6.61 Å². The number of anilines is 1. The van der Waals surface area contributed by atoms with E-state index in [1.807, 2.05) is 34.0 Å². The smallest absolute Gasteiger partial charge is 0.143 e. The van der Waals surface area contributed by atoms with Gasteiger partial charge in [-0.25, -0.2) is 9.97 Å². The van der Waals surface area contributed by atoms with Crippen molar-refractivity contribution in [2.75, 3.05) is 19.0 Å². The number of nitrogens with one attached hydrogen (secondary N) is 1. The van der Waals surface area contributed by atoms with Crippen molar-refractivity contribution in [2.24, 2.45) is 0 Å². The highest BCUT2D eigenvalue weighted by Gasteiger charge is 2.17. The van der Waals surface area contributed by atoms with Gasteiger partial charge in [0.15, 0.2) is 0 Å². The summed E-state index contributed by atoms with van der Waals surface area (Å²) in [6, 6.07) is 0. The summed E-state index contributed by atoms with van der Waals surface area (Å²) in [5.74, 6) is 0. The number of ether oxygens (including phenoxy) is 1. The Bertz CT molecular complexity index is 524. The average Bonchev–Trinajstić information content (AvgIpc) is 2.67. The molecule has 1 atom stereocenters. The van der Waals surface area contributed by atoms with Crippen LogP contribution in [-0.2, 0) is 4.74 Å². The average molecular weight is 251 g/mol. The van der Waals surface area contributed by atoms with Crippen molar-refractivity contribution in [2.45, 2.75) is 26.9 Å². The molecule has 1 N–H and O–H groups in total. The molecule has 0 spiro atoms. The summed E-state index contributed by atoms with van der Waals surface area (Å²) in [7, 11) is 1.89. The number of rotatable bonds is 4. The van der Waals surface area contributed by atoms with Gasteiger partial charge in [-0.05, 0) is 20.8 Å². The third-order valence-corrected chi connectivity index (χ3v) is 3.54. The molecule has 2 aromatic heterocycles. The molecule has 0 fully saturated rings. The van der Waals surface area contributed by atoms with E-state index < -0.39 is 0 Å². The standard InChI is InChI=1S/C12H17N3OS/c1-5-16-7(2)10-9(13-4)6-14-12-11(10)15-8(3)17-12/h6-7,13H,5H2,1-4H3. The molecule has 0 aliphatic heterocycles. The molecule has 0 aliphatic rings. The normalized spacial score (nSPS) is 12.9. The summed E-state index contributed by atoms with van der Waals surface area (Å²) in [6.45, 7) is 6.74. The van der Waals surface area contributed by atoms with Gasteiger partial charge in [0, 0.05) is 19.2 Å². The van der Waals surface area contributed by atoms with Gasteiger partial charge in [0.25, 0.3) is 0 Å². The van der Waals surface area contributed by atoms with Crippen molar-refractivity contribution in [1.82, 2.24) is 9.97 Å². The number of thiazole rings is 1. The van der Waals surface area contributed by atoms with Crippen LogP contribution in [-0.4, -0.2) is 23.6 Å². The molecule has 0 aliphatic carbocycles. The molecule has 0 saturated heterocycles. The fraction of sp³-hybridized carbons (Fsp3) is 0.500. The quantitative estimate of drug-likeness (QED) is 0.906. The molecule has 4 nitrogen and oxygen atoms in total.